The number of nitrogens with zero attached hydrogens (tertiary/aromatic N) is 1. The summed E-state index contributed by atoms with van der Waals surface area (Å²) < 4.78 is 5.51. The van der Waals surface area contributed by atoms with Crippen LogP contribution in [0.4, 0.5) is 0 Å². The van der Waals surface area contributed by atoms with E-state index in [1.165, 1.54) is 6.07 Å². The van der Waals surface area contributed by atoms with Crippen molar-refractivity contribution >= 4 is 5.97 Å². The van der Waals surface area contributed by atoms with Crippen molar-refractivity contribution in [2.45, 2.75) is 6.92 Å². The van der Waals surface area contributed by atoms with Gasteiger partial charge in [-0.15, -0.1) is 0 Å². The van der Waals surface area contributed by atoms with Gasteiger partial charge in [0.05, 0.1) is 12.2 Å². The molecule has 1 N–H and O–H groups in total. The molecule has 0 bridgehead atoms. The normalized spacial score (nSPS) is 10.1. The second kappa shape index (κ2) is 5.31. The van der Waals surface area contributed by atoms with Gasteiger partial charge in [0.25, 0.3) is 0 Å². The molecule has 0 aliphatic heterocycles. The topological polar surface area (TPSA) is 59.4 Å². The SMILES string of the molecule is CCOc1ccc(C(=O)O)cc1-c1ccncc1. The number of ether oxygens (including phenoxy) is 1. The summed E-state index contributed by atoms with van der Waals surface area (Å²) in [6.07, 6.45) is 3.33. The second-order valence-corrected chi connectivity index (χ2v) is 3.68. The molecule has 2 aromatic rings. The maximum Gasteiger partial charge on any atom is 0.335 e. The Hall–Kier alpha value is -2.36. The summed E-state index contributed by atoms with van der Waals surface area (Å²) in [7, 11) is 0. The number of carbonyl (C=O) groups is 1. The molecule has 0 saturated heterocycles. The van der Waals surface area contributed by atoms with Gasteiger partial charge in [-0.3, -0.25) is 4.98 Å². The highest BCUT2D eigenvalue weighted by Crippen LogP contribution is 2.30. The van der Waals surface area contributed by atoms with Crippen LogP contribution in [0.25, 0.3) is 11.1 Å². The van der Waals surface area contributed by atoms with E-state index >= 15 is 0 Å². The Morgan fingerprint density at radius 1 is 1.28 bits per heavy atom. The van der Waals surface area contributed by atoms with E-state index < -0.39 is 5.97 Å². The van der Waals surface area contributed by atoms with Crippen LogP contribution in [-0.2, 0) is 0 Å². The minimum Gasteiger partial charge on any atom is -0.493 e. The molecular formula is C14H13NO3. The third-order valence-electron chi connectivity index (χ3n) is 2.52. The number of benzene rings is 1. The van der Waals surface area contributed by atoms with Gasteiger partial charge in [-0.05, 0) is 42.8 Å². The Kier molecular flexibility index (Phi) is 3.57. The second-order valence-electron chi connectivity index (χ2n) is 3.68. The van der Waals surface area contributed by atoms with E-state index in [-0.39, 0.29) is 5.56 Å². The first-order chi connectivity index (χ1) is 8.72. The summed E-state index contributed by atoms with van der Waals surface area (Å²) >= 11 is 0. The lowest BCUT2D eigenvalue weighted by atomic mass is 10.0. The zero-order valence-electron chi connectivity index (χ0n) is 9.96. The van der Waals surface area contributed by atoms with Crippen molar-refractivity contribution in [3.8, 4) is 16.9 Å². The smallest absolute Gasteiger partial charge is 0.335 e. The number of aromatic carboxylic acids is 1. The van der Waals surface area contributed by atoms with Gasteiger partial charge in [0.2, 0.25) is 0 Å². The van der Waals surface area contributed by atoms with E-state index in [2.05, 4.69) is 4.98 Å². The molecule has 2 rings (SSSR count). The summed E-state index contributed by atoms with van der Waals surface area (Å²) in [5, 5.41) is 9.02. The molecule has 0 aliphatic rings. The van der Waals surface area contributed by atoms with Gasteiger partial charge in [-0.2, -0.15) is 0 Å². The molecule has 18 heavy (non-hydrogen) atoms. The number of carboxylic acids is 1. The van der Waals surface area contributed by atoms with Crippen molar-refractivity contribution in [1.82, 2.24) is 4.98 Å². The Balaban J connectivity index is 2.54. The standard InChI is InChI=1S/C14H13NO3/c1-2-18-13-4-3-11(14(16)17)9-12(13)10-5-7-15-8-6-10/h3-9H,2H2,1H3,(H,16,17). The van der Waals surface area contributed by atoms with Gasteiger partial charge in [0, 0.05) is 18.0 Å². The van der Waals surface area contributed by atoms with Gasteiger partial charge in [-0.25, -0.2) is 4.79 Å². The monoisotopic (exact) mass is 243 g/mol. The van der Waals surface area contributed by atoms with Gasteiger partial charge in [0.1, 0.15) is 5.75 Å². The number of rotatable bonds is 4. The zero-order chi connectivity index (χ0) is 13.0. The molecule has 0 amide bonds. The fourth-order valence-corrected chi connectivity index (χ4v) is 1.70. The number of aromatic nitrogens is 1. The predicted molar refractivity (Wildman–Crippen MR) is 67.8 cm³/mol. The predicted octanol–water partition coefficient (Wildman–Crippen LogP) is 2.85. The van der Waals surface area contributed by atoms with Crippen molar-refractivity contribution in [1.29, 1.82) is 0 Å². The third-order valence-corrected chi connectivity index (χ3v) is 2.52. The summed E-state index contributed by atoms with van der Waals surface area (Å²) in [5.41, 5.74) is 1.89. The van der Waals surface area contributed by atoms with E-state index in [1.54, 1.807) is 24.5 Å². The Bertz CT molecular complexity index is 552. The van der Waals surface area contributed by atoms with Crippen molar-refractivity contribution < 1.29 is 14.6 Å². The van der Waals surface area contributed by atoms with Crippen LogP contribution in [0.1, 0.15) is 17.3 Å². The van der Waals surface area contributed by atoms with E-state index in [4.69, 9.17) is 9.84 Å². The summed E-state index contributed by atoms with van der Waals surface area (Å²) in [6.45, 7) is 2.42. The van der Waals surface area contributed by atoms with Crippen LogP contribution in [0.3, 0.4) is 0 Å². The van der Waals surface area contributed by atoms with Gasteiger partial charge in [0.15, 0.2) is 0 Å². The maximum atomic E-state index is 11.0. The Morgan fingerprint density at radius 2 is 2.00 bits per heavy atom. The largest absolute Gasteiger partial charge is 0.493 e. The van der Waals surface area contributed by atoms with Crippen LogP contribution in [0.2, 0.25) is 0 Å². The molecule has 4 nitrogen and oxygen atoms in total. The molecule has 0 spiro atoms. The zero-order valence-corrected chi connectivity index (χ0v) is 9.96. The number of pyridine rings is 1. The number of hydrogen-bond donors (Lipinski definition) is 1. The summed E-state index contributed by atoms with van der Waals surface area (Å²) in [5.74, 6) is -0.276. The number of hydrogen-bond acceptors (Lipinski definition) is 3. The lowest BCUT2D eigenvalue weighted by Gasteiger charge is -2.11. The lowest BCUT2D eigenvalue weighted by Crippen LogP contribution is -1.99. The Morgan fingerprint density at radius 3 is 2.61 bits per heavy atom. The van der Waals surface area contributed by atoms with Crippen LogP contribution in [0.5, 0.6) is 5.75 Å². The molecule has 0 saturated carbocycles. The molecule has 0 radical (unpaired) electrons. The van der Waals surface area contributed by atoms with Crippen LogP contribution in [-0.4, -0.2) is 22.7 Å². The van der Waals surface area contributed by atoms with Gasteiger partial charge >= 0.3 is 5.97 Å². The van der Waals surface area contributed by atoms with E-state index in [0.717, 1.165) is 11.1 Å². The van der Waals surface area contributed by atoms with Crippen LogP contribution in [0, 0.1) is 0 Å². The highest BCUT2D eigenvalue weighted by atomic mass is 16.5. The molecule has 1 aromatic carbocycles. The average Bonchev–Trinajstić information content (AvgIpc) is 2.40. The molecule has 1 heterocycles. The van der Waals surface area contributed by atoms with E-state index in [9.17, 15) is 4.79 Å². The molecule has 0 fully saturated rings. The van der Waals surface area contributed by atoms with Crippen molar-refractivity contribution in [2.24, 2.45) is 0 Å². The first-order valence-corrected chi connectivity index (χ1v) is 5.63. The van der Waals surface area contributed by atoms with Crippen molar-refractivity contribution in [3.05, 3.63) is 48.3 Å². The lowest BCUT2D eigenvalue weighted by molar-refractivity contribution is 0.0697. The quantitative estimate of drug-likeness (QED) is 0.897. The summed E-state index contributed by atoms with van der Waals surface area (Å²) in [6, 6.07) is 8.48. The van der Waals surface area contributed by atoms with Crippen LogP contribution >= 0.6 is 0 Å². The van der Waals surface area contributed by atoms with Gasteiger partial charge < -0.3 is 9.84 Å². The Labute approximate surface area is 105 Å². The fourth-order valence-electron chi connectivity index (χ4n) is 1.70. The fraction of sp³-hybridized carbons (Fsp3) is 0.143. The highest BCUT2D eigenvalue weighted by Gasteiger charge is 2.10. The minimum atomic E-state index is -0.951. The van der Waals surface area contributed by atoms with E-state index in [1.807, 2.05) is 19.1 Å². The van der Waals surface area contributed by atoms with Crippen LogP contribution in [0.15, 0.2) is 42.7 Å². The van der Waals surface area contributed by atoms with Crippen LogP contribution < -0.4 is 4.74 Å². The minimum absolute atomic E-state index is 0.241. The molecule has 92 valence electrons. The first kappa shape index (κ1) is 12.1. The molecule has 1 aromatic heterocycles. The maximum absolute atomic E-state index is 11.0. The first-order valence-electron chi connectivity index (χ1n) is 5.63. The molecule has 0 aliphatic carbocycles. The number of carboxylic acid groups (broad SMARTS) is 1. The van der Waals surface area contributed by atoms with Crippen molar-refractivity contribution in [2.75, 3.05) is 6.61 Å². The molecule has 4 heteroatoms. The van der Waals surface area contributed by atoms with Gasteiger partial charge in [-0.1, -0.05) is 0 Å². The summed E-state index contributed by atoms with van der Waals surface area (Å²) in [4.78, 5) is 14.9. The van der Waals surface area contributed by atoms with Crippen molar-refractivity contribution in [3.63, 3.8) is 0 Å². The molecular weight excluding hydrogens is 230 g/mol. The average molecular weight is 243 g/mol. The third kappa shape index (κ3) is 2.48. The highest BCUT2D eigenvalue weighted by molar-refractivity contribution is 5.90. The van der Waals surface area contributed by atoms with E-state index in [0.29, 0.717) is 12.4 Å². The molecule has 0 unspecified atom stereocenters. The molecule has 0 atom stereocenters.